The zero-order chi connectivity index (χ0) is 13.7. The fraction of sp³-hybridized carbons (Fsp3) is 0.625. The molecule has 1 atom stereocenters. The Morgan fingerprint density at radius 1 is 1.21 bits per heavy atom. The SMILES string of the molecule is CN(C)C1CCN(CC(CBr)c2ccccc2)CC1. The van der Waals surface area contributed by atoms with Crippen molar-refractivity contribution in [3.05, 3.63) is 35.9 Å². The quantitative estimate of drug-likeness (QED) is 0.767. The van der Waals surface area contributed by atoms with Crippen molar-refractivity contribution >= 4 is 15.9 Å². The van der Waals surface area contributed by atoms with Gasteiger partial charge in [0.1, 0.15) is 0 Å². The molecule has 106 valence electrons. The van der Waals surface area contributed by atoms with E-state index in [9.17, 15) is 0 Å². The minimum Gasteiger partial charge on any atom is -0.306 e. The maximum atomic E-state index is 3.68. The molecule has 2 rings (SSSR count). The van der Waals surface area contributed by atoms with Gasteiger partial charge < -0.3 is 9.80 Å². The lowest BCUT2D eigenvalue weighted by molar-refractivity contribution is 0.141. The van der Waals surface area contributed by atoms with E-state index in [1.54, 1.807) is 0 Å². The lowest BCUT2D eigenvalue weighted by Gasteiger charge is -2.36. The third-order valence-electron chi connectivity index (χ3n) is 4.22. The van der Waals surface area contributed by atoms with E-state index in [4.69, 9.17) is 0 Å². The Labute approximate surface area is 125 Å². The van der Waals surface area contributed by atoms with Crippen molar-refractivity contribution in [1.29, 1.82) is 0 Å². The molecule has 19 heavy (non-hydrogen) atoms. The Balaban J connectivity index is 1.87. The molecule has 2 nitrogen and oxygen atoms in total. The molecule has 1 aliphatic heterocycles. The Kier molecular flexibility index (Phi) is 5.86. The van der Waals surface area contributed by atoms with Crippen LogP contribution < -0.4 is 0 Å². The van der Waals surface area contributed by atoms with Gasteiger partial charge >= 0.3 is 0 Å². The van der Waals surface area contributed by atoms with Gasteiger partial charge in [0.05, 0.1) is 0 Å². The summed E-state index contributed by atoms with van der Waals surface area (Å²) in [7, 11) is 4.40. The summed E-state index contributed by atoms with van der Waals surface area (Å²) in [5.74, 6) is 0.608. The van der Waals surface area contributed by atoms with Crippen molar-refractivity contribution < 1.29 is 0 Å². The number of likely N-dealkylation sites (tertiary alicyclic amines) is 1. The standard InChI is InChI=1S/C16H25BrN2/c1-18(2)16-8-10-19(11-9-16)13-15(12-17)14-6-4-3-5-7-14/h3-7,15-16H,8-13H2,1-2H3. The number of alkyl halides is 1. The Morgan fingerprint density at radius 2 is 1.84 bits per heavy atom. The number of halogens is 1. The highest BCUT2D eigenvalue weighted by Gasteiger charge is 2.22. The van der Waals surface area contributed by atoms with Gasteiger partial charge in [-0.25, -0.2) is 0 Å². The Bertz CT molecular complexity index is 358. The van der Waals surface area contributed by atoms with E-state index >= 15 is 0 Å². The van der Waals surface area contributed by atoms with Crippen LogP contribution in [-0.4, -0.2) is 54.9 Å². The van der Waals surface area contributed by atoms with E-state index in [0.717, 1.165) is 11.4 Å². The normalized spacial score (nSPS) is 19.8. The summed E-state index contributed by atoms with van der Waals surface area (Å²) in [4.78, 5) is 5.00. The molecule has 0 aliphatic carbocycles. The summed E-state index contributed by atoms with van der Waals surface area (Å²) >= 11 is 3.68. The van der Waals surface area contributed by atoms with Crippen LogP contribution in [0.1, 0.15) is 24.3 Å². The molecule has 0 spiro atoms. The van der Waals surface area contributed by atoms with Gasteiger partial charge in [0.15, 0.2) is 0 Å². The predicted molar refractivity (Wildman–Crippen MR) is 86.1 cm³/mol. The number of hydrogen-bond donors (Lipinski definition) is 0. The largest absolute Gasteiger partial charge is 0.306 e. The zero-order valence-corrected chi connectivity index (χ0v) is 13.6. The summed E-state index contributed by atoms with van der Waals surface area (Å²) in [5.41, 5.74) is 1.45. The van der Waals surface area contributed by atoms with Crippen molar-refractivity contribution in [2.24, 2.45) is 0 Å². The Hall–Kier alpha value is -0.380. The van der Waals surface area contributed by atoms with Crippen LogP contribution in [0.5, 0.6) is 0 Å². The van der Waals surface area contributed by atoms with Gasteiger partial charge in [0, 0.05) is 23.8 Å². The molecule has 1 fully saturated rings. The Morgan fingerprint density at radius 3 is 2.37 bits per heavy atom. The number of benzene rings is 1. The first kappa shape index (κ1) is 15.0. The first-order valence-corrected chi connectivity index (χ1v) is 8.32. The van der Waals surface area contributed by atoms with Gasteiger partial charge in [-0.3, -0.25) is 0 Å². The molecule has 1 heterocycles. The molecule has 0 saturated carbocycles. The monoisotopic (exact) mass is 324 g/mol. The van der Waals surface area contributed by atoms with Crippen molar-refractivity contribution in [3.8, 4) is 0 Å². The van der Waals surface area contributed by atoms with Crippen LogP contribution in [0.3, 0.4) is 0 Å². The summed E-state index contributed by atoms with van der Waals surface area (Å²) in [6, 6.07) is 11.6. The second kappa shape index (κ2) is 7.41. The van der Waals surface area contributed by atoms with Crippen LogP contribution >= 0.6 is 15.9 Å². The smallest absolute Gasteiger partial charge is 0.0113 e. The molecule has 1 aromatic carbocycles. The molecule has 0 bridgehead atoms. The van der Waals surface area contributed by atoms with E-state index in [2.05, 4.69) is 70.2 Å². The highest BCUT2D eigenvalue weighted by molar-refractivity contribution is 9.09. The summed E-state index contributed by atoms with van der Waals surface area (Å²) in [5, 5.41) is 1.05. The third kappa shape index (κ3) is 4.30. The first-order chi connectivity index (χ1) is 9.20. The van der Waals surface area contributed by atoms with Crippen LogP contribution in [0.2, 0.25) is 0 Å². The molecule has 0 radical (unpaired) electrons. The highest BCUT2D eigenvalue weighted by atomic mass is 79.9. The second-order valence-corrected chi connectivity index (χ2v) is 6.40. The van der Waals surface area contributed by atoms with E-state index in [1.165, 1.54) is 38.0 Å². The number of hydrogen-bond acceptors (Lipinski definition) is 2. The van der Waals surface area contributed by atoms with Gasteiger partial charge in [0.2, 0.25) is 0 Å². The minimum absolute atomic E-state index is 0.608. The van der Waals surface area contributed by atoms with Crippen LogP contribution in [0.15, 0.2) is 30.3 Å². The number of nitrogens with zero attached hydrogens (tertiary/aromatic N) is 2. The maximum absolute atomic E-state index is 3.68. The molecule has 1 aliphatic rings. The van der Waals surface area contributed by atoms with Gasteiger partial charge in [-0.05, 0) is 45.6 Å². The zero-order valence-electron chi connectivity index (χ0n) is 12.1. The second-order valence-electron chi connectivity index (χ2n) is 5.76. The van der Waals surface area contributed by atoms with Gasteiger partial charge in [-0.2, -0.15) is 0 Å². The molecule has 1 saturated heterocycles. The first-order valence-electron chi connectivity index (χ1n) is 7.20. The van der Waals surface area contributed by atoms with Crippen LogP contribution in [0, 0.1) is 0 Å². The van der Waals surface area contributed by atoms with Gasteiger partial charge in [-0.15, -0.1) is 0 Å². The third-order valence-corrected chi connectivity index (χ3v) is 5.00. The summed E-state index contributed by atoms with van der Waals surface area (Å²) in [6.45, 7) is 3.65. The number of rotatable bonds is 5. The van der Waals surface area contributed by atoms with Crippen molar-refractivity contribution in [1.82, 2.24) is 9.80 Å². The summed E-state index contributed by atoms with van der Waals surface area (Å²) in [6.07, 6.45) is 2.60. The van der Waals surface area contributed by atoms with Crippen molar-refractivity contribution in [3.63, 3.8) is 0 Å². The molecule has 1 unspecified atom stereocenters. The molecule has 0 N–H and O–H groups in total. The fourth-order valence-corrected chi connectivity index (χ4v) is 3.48. The summed E-state index contributed by atoms with van der Waals surface area (Å²) < 4.78 is 0. The van der Waals surface area contributed by atoms with Gasteiger partial charge in [-0.1, -0.05) is 46.3 Å². The van der Waals surface area contributed by atoms with E-state index in [-0.39, 0.29) is 0 Å². The van der Waals surface area contributed by atoms with Crippen LogP contribution in [0.25, 0.3) is 0 Å². The lowest BCUT2D eigenvalue weighted by atomic mass is 9.98. The van der Waals surface area contributed by atoms with Crippen LogP contribution in [-0.2, 0) is 0 Å². The molecule has 0 amide bonds. The maximum Gasteiger partial charge on any atom is 0.0113 e. The molecular weight excluding hydrogens is 300 g/mol. The van der Waals surface area contributed by atoms with Crippen LogP contribution in [0.4, 0.5) is 0 Å². The molecular formula is C16H25BrN2. The van der Waals surface area contributed by atoms with Gasteiger partial charge in [0.25, 0.3) is 0 Å². The van der Waals surface area contributed by atoms with E-state index < -0.39 is 0 Å². The molecule has 1 aromatic rings. The highest BCUT2D eigenvalue weighted by Crippen LogP contribution is 2.22. The van der Waals surface area contributed by atoms with E-state index in [0.29, 0.717) is 5.92 Å². The topological polar surface area (TPSA) is 6.48 Å². The fourth-order valence-electron chi connectivity index (χ4n) is 2.90. The number of piperidine rings is 1. The molecule has 3 heteroatoms. The average Bonchev–Trinajstić information content (AvgIpc) is 2.46. The van der Waals surface area contributed by atoms with Crippen molar-refractivity contribution in [2.45, 2.75) is 24.8 Å². The lowest BCUT2D eigenvalue weighted by Crippen LogP contribution is -2.43. The minimum atomic E-state index is 0.608. The average molecular weight is 325 g/mol. The van der Waals surface area contributed by atoms with E-state index in [1.807, 2.05) is 0 Å². The molecule has 0 aromatic heterocycles. The predicted octanol–water partition coefficient (Wildman–Crippen LogP) is 3.19. The van der Waals surface area contributed by atoms with Crippen molar-refractivity contribution in [2.75, 3.05) is 39.1 Å².